The van der Waals surface area contributed by atoms with Crippen molar-refractivity contribution in [3.05, 3.63) is 63.9 Å². The summed E-state index contributed by atoms with van der Waals surface area (Å²) in [5.74, 6) is 0.259. The van der Waals surface area contributed by atoms with E-state index < -0.39 is 0 Å². The fourth-order valence-electron chi connectivity index (χ4n) is 1.45. The molecule has 0 spiro atoms. The van der Waals surface area contributed by atoms with Gasteiger partial charge in [0.2, 0.25) is 0 Å². The lowest BCUT2D eigenvalue weighted by Crippen LogP contribution is -1.96. The molecular weight excluding hydrogens is 283 g/mol. The lowest BCUT2D eigenvalue weighted by atomic mass is 10.2. The number of aryl methyl sites for hydroxylation is 1. The molecular formula is C14H12BrFO. The molecule has 0 bridgehead atoms. The first kappa shape index (κ1) is 12.1. The van der Waals surface area contributed by atoms with E-state index in [1.54, 1.807) is 12.1 Å². The van der Waals surface area contributed by atoms with Gasteiger partial charge in [-0.2, -0.15) is 0 Å². The van der Waals surface area contributed by atoms with Crippen molar-refractivity contribution in [2.24, 2.45) is 0 Å². The topological polar surface area (TPSA) is 9.23 Å². The van der Waals surface area contributed by atoms with Gasteiger partial charge in [-0.25, -0.2) is 4.39 Å². The molecule has 3 heteroatoms. The monoisotopic (exact) mass is 294 g/mol. The van der Waals surface area contributed by atoms with Gasteiger partial charge in [0.05, 0.1) is 0 Å². The zero-order chi connectivity index (χ0) is 12.3. The second-order valence-corrected chi connectivity index (χ2v) is 4.68. The van der Waals surface area contributed by atoms with Gasteiger partial charge in [0, 0.05) is 10.5 Å². The average Bonchev–Trinajstić information content (AvgIpc) is 2.31. The second-order valence-electron chi connectivity index (χ2n) is 3.83. The zero-order valence-corrected chi connectivity index (χ0v) is 11.0. The molecule has 2 rings (SSSR count). The minimum atomic E-state index is -0.285. The van der Waals surface area contributed by atoms with Crippen molar-refractivity contribution in [1.82, 2.24) is 0 Å². The Morgan fingerprint density at radius 3 is 2.71 bits per heavy atom. The molecule has 2 aromatic rings. The van der Waals surface area contributed by atoms with Gasteiger partial charge < -0.3 is 4.74 Å². The van der Waals surface area contributed by atoms with Crippen LogP contribution in [0.3, 0.4) is 0 Å². The maximum atomic E-state index is 12.9. The van der Waals surface area contributed by atoms with Gasteiger partial charge in [-0.15, -0.1) is 0 Å². The van der Waals surface area contributed by atoms with Gasteiger partial charge in [0.15, 0.2) is 0 Å². The minimum Gasteiger partial charge on any atom is -0.489 e. The van der Waals surface area contributed by atoms with Gasteiger partial charge in [0.25, 0.3) is 0 Å². The van der Waals surface area contributed by atoms with E-state index in [1.807, 2.05) is 25.1 Å². The minimum absolute atomic E-state index is 0.285. The van der Waals surface area contributed by atoms with Crippen LogP contribution in [-0.2, 0) is 6.61 Å². The number of benzene rings is 2. The highest BCUT2D eigenvalue weighted by atomic mass is 79.9. The summed E-state index contributed by atoms with van der Waals surface area (Å²) in [7, 11) is 0. The van der Waals surface area contributed by atoms with Crippen LogP contribution < -0.4 is 4.74 Å². The predicted octanol–water partition coefficient (Wildman–Crippen LogP) is 4.48. The summed E-state index contributed by atoms with van der Waals surface area (Å²) in [4.78, 5) is 0. The maximum absolute atomic E-state index is 12.9. The molecule has 0 fully saturated rings. The third-order valence-electron chi connectivity index (χ3n) is 2.44. The first-order chi connectivity index (χ1) is 8.15. The molecule has 2 aromatic carbocycles. The molecule has 0 aromatic heterocycles. The Kier molecular flexibility index (Phi) is 3.79. The molecule has 17 heavy (non-hydrogen) atoms. The Balaban J connectivity index is 2.05. The van der Waals surface area contributed by atoms with Crippen LogP contribution in [0.4, 0.5) is 4.39 Å². The molecule has 0 amide bonds. The fraction of sp³-hybridized carbons (Fsp3) is 0.143. The standard InChI is InChI=1S/C14H12BrFO/c1-10-5-6-11(7-14(10)15)9-17-13-4-2-3-12(16)8-13/h2-8H,9H2,1H3. The van der Waals surface area contributed by atoms with Crippen molar-refractivity contribution in [1.29, 1.82) is 0 Å². The molecule has 0 saturated heterocycles. The van der Waals surface area contributed by atoms with Crippen LogP contribution in [-0.4, -0.2) is 0 Å². The average molecular weight is 295 g/mol. The van der Waals surface area contributed by atoms with E-state index in [0.29, 0.717) is 12.4 Å². The third kappa shape index (κ3) is 3.30. The molecule has 0 N–H and O–H groups in total. The van der Waals surface area contributed by atoms with Crippen LogP contribution in [0.5, 0.6) is 5.75 Å². The van der Waals surface area contributed by atoms with Crippen LogP contribution in [0.25, 0.3) is 0 Å². The Morgan fingerprint density at radius 2 is 2.00 bits per heavy atom. The number of hydrogen-bond acceptors (Lipinski definition) is 1. The summed E-state index contributed by atoms with van der Waals surface area (Å²) in [6.45, 7) is 2.46. The highest BCUT2D eigenvalue weighted by Crippen LogP contribution is 2.19. The molecule has 0 atom stereocenters. The van der Waals surface area contributed by atoms with Crippen molar-refractivity contribution < 1.29 is 9.13 Å². The summed E-state index contributed by atoms with van der Waals surface area (Å²) in [5.41, 5.74) is 2.23. The highest BCUT2D eigenvalue weighted by Gasteiger charge is 2.00. The van der Waals surface area contributed by atoms with E-state index in [4.69, 9.17) is 4.74 Å². The van der Waals surface area contributed by atoms with Gasteiger partial charge in [-0.3, -0.25) is 0 Å². The van der Waals surface area contributed by atoms with Crippen molar-refractivity contribution in [3.8, 4) is 5.75 Å². The normalized spacial score (nSPS) is 10.3. The molecule has 0 aliphatic rings. The summed E-state index contributed by atoms with van der Waals surface area (Å²) in [5, 5.41) is 0. The number of hydrogen-bond donors (Lipinski definition) is 0. The molecule has 88 valence electrons. The first-order valence-electron chi connectivity index (χ1n) is 5.28. The maximum Gasteiger partial charge on any atom is 0.126 e. The molecule has 0 radical (unpaired) electrons. The van der Waals surface area contributed by atoms with E-state index in [-0.39, 0.29) is 5.82 Å². The highest BCUT2D eigenvalue weighted by molar-refractivity contribution is 9.10. The summed E-state index contributed by atoms with van der Waals surface area (Å²) < 4.78 is 19.5. The van der Waals surface area contributed by atoms with Crippen LogP contribution in [0.2, 0.25) is 0 Å². The van der Waals surface area contributed by atoms with Crippen molar-refractivity contribution in [3.63, 3.8) is 0 Å². The zero-order valence-electron chi connectivity index (χ0n) is 9.41. The van der Waals surface area contributed by atoms with Gasteiger partial charge in [0.1, 0.15) is 18.2 Å². The molecule has 1 nitrogen and oxygen atoms in total. The van der Waals surface area contributed by atoms with E-state index in [9.17, 15) is 4.39 Å². The Bertz CT molecular complexity index is 525. The smallest absolute Gasteiger partial charge is 0.126 e. The van der Waals surface area contributed by atoms with E-state index >= 15 is 0 Å². The molecule has 0 aliphatic heterocycles. The molecule has 0 unspecified atom stereocenters. The second kappa shape index (κ2) is 5.32. The fourth-order valence-corrected chi connectivity index (χ4v) is 1.88. The summed E-state index contributed by atoms with van der Waals surface area (Å²) in [6, 6.07) is 12.2. The number of rotatable bonds is 3. The van der Waals surface area contributed by atoms with E-state index in [0.717, 1.165) is 10.0 Å². The lowest BCUT2D eigenvalue weighted by molar-refractivity contribution is 0.304. The van der Waals surface area contributed by atoms with Crippen LogP contribution in [0, 0.1) is 12.7 Å². The third-order valence-corrected chi connectivity index (χ3v) is 3.29. The quantitative estimate of drug-likeness (QED) is 0.811. The summed E-state index contributed by atoms with van der Waals surface area (Å²) in [6.07, 6.45) is 0. The molecule has 0 heterocycles. The van der Waals surface area contributed by atoms with Crippen LogP contribution in [0.15, 0.2) is 46.9 Å². The van der Waals surface area contributed by atoms with Gasteiger partial charge in [-0.1, -0.05) is 34.1 Å². The van der Waals surface area contributed by atoms with Crippen molar-refractivity contribution in [2.75, 3.05) is 0 Å². The molecule has 0 saturated carbocycles. The number of halogens is 2. The number of ether oxygens (including phenoxy) is 1. The van der Waals surface area contributed by atoms with Crippen molar-refractivity contribution in [2.45, 2.75) is 13.5 Å². The lowest BCUT2D eigenvalue weighted by Gasteiger charge is -2.07. The predicted molar refractivity (Wildman–Crippen MR) is 69.6 cm³/mol. The SMILES string of the molecule is Cc1ccc(COc2cccc(F)c2)cc1Br. The van der Waals surface area contributed by atoms with Gasteiger partial charge >= 0.3 is 0 Å². The van der Waals surface area contributed by atoms with Gasteiger partial charge in [-0.05, 0) is 36.2 Å². The van der Waals surface area contributed by atoms with Crippen LogP contribution in [0.1, 0.15) is 11.1 Å². The van der Waals surface area contributed by atoms with E-state index in [2.05, 4.69) is 15.9 Å². The largest absolute Gasteiger partial charge is 0.489 e. The Morgan fingerprint density at radius 1 is 1.18 bits per heavy atom. The first-order valence-corrected chi connectivity index (χ1v) is 6.08. The van der Waals surface area contributed by atoms with E-state index in [1.165, 1.54) is 17.7 Å². The van der Waals surface area contributed by atoms with Crippen LogP contribution >= 0.6 is 15.9 Å². The molecule has 0 aliphatic carbocycles. The van der Waals surface area contributed by atoms with Crippen molar-refractivity contribution >= 4 is 15.9 Å². The Labute approximate surface area is 108 Å². The summed E-state index contributed by atoms with van der Waals surface area (Å²) >= 11 is 3.47. The Hall–Kier alpha value is -1.35.